The lowest BCUT2D eigenvalue weighted by atomic mass is 9.92. The molecule has 1 N–H and O–H groups in total. The summed E-state index contributed by atoms with van der Waals surface area (Å²) in [7, 11) is -5.57. The third-order valence-corrected chi connectivity index (χ3v) is 7.00. The number of amides is 3. The number of nitrogens with one attached hydrogen (secondary N) is 1. The van der Waals surface area contributed by atoms with Crippen molar-refractivity contribution in [1.82, 2.24) is 10.3 Å². The maximum atomic E-state index is 13.2. The zero-order valence-electron chi connectivity index (χ0n) is 18.0. The van der Waals surface area contributed by atoms with Crippen LogP contribution in [0.3, 0.4) is 0 Å². The summed E-state index contributed by atoms with van der Waals surface area (Å²) in [6, 6.07) is 11.5. The van der Waals surface area contributed by atoms with Gasteiger partial charge in [0.25, 0.3) is 15.7 Å². The Hall–Kier alpha value is -3.80. The second-order valence-corrected chi connectivity index (χ2v) is 10.0. The van der Waals surface area contributed by atoms with E-state index in [1.807, 2.05) is 0 Å². The fourth-order valence-corrected chi connectivity index (χ4v) is 4.48. The molecule has 0 radical (unpaired) electrons. The van der Waals surface area contributed by atoms with Gasteiger partial charge >= 0.3 is 11.5 Å². The van der Waals surface area contributed by atoms with E-state index >= 15 is 0 Å². The first kappa shape index (κ1) is 24.3. The number of carbonyl (C=O) groups excluding carboxylic acids is 2. The molecule has 2 heterocycles. The van der Waals surface area contributed by atoms with Crippen LogP contribution in [0.5, 0.6) is 0 Å². The number of hydrogen-bond donors (Lipinski definition) is 1. The Balaban J connectivity index is 1.58. The van der Waals surface area contributed by atoms with Crippen molar-refractivity contribution in [3.8, 4) is 11.3 Å². The molecule has 12 heteroatoms. The lowest BCUT2D eigenvalue weighted by Gasteiger charge is -2.22. The number of nitrogens with zero attached hydrogens (tertiary/aromatic N) is 2. The SMILES string of the molecule is CC1(Cc2ccnc(-c3ccc(F)cc3)c2)NC(=O)N(c2ccc(S(=O)(=O)C(F)(F)F)cc2)C1=O. The Kier molecular flexibility index (Phi) is 5.87. The van der Waals surface area contributed by atoms with Crippen molar-refractivity contribution in [2.75, 3.05) is 4.90 Å². The highest BCUT2D eigenvalue weighted by Gasteiger charge is 2.49. The number of pyridine rings is 1. The molecule has 7 nitrogen and oxygen atoms in total. The van der Waals surface area contributed by atoms with Gasteiger partial charge in [0.05, 0.1) is 16.3 Å². The van der Waals surface area contributed by atoms with Crippen molar-refractivity contribution in [3.05, 3.63) is 78.2 Å². The predicted octanol–water partition coefficient (Wildman–Crippen LogP) is 4.24. The Morgan fingerprint density at radius 2 is 1.63 bits per heavy atom. The Morgan fingerprint density at radius 1 is 1.00 bits per heavy atom. The van der Waals surface area contributed by atoms with E-state index in [0.29, 0.717) is 29.0 Å². The molecule has 4 rings (SSSR count). The zero-order chi connectivity index (χ0) is 25.6. The van der Waals surface area contributed by atoms with E-state index < -0.39 is 43.5 Å². The highest BCUT2D eigenvalue weighted by atomic mass is 32.2. The number of urea groups is 1. The van der Waals surface area contributed by atoms with Crippen molar-refractivity contribution in [3.63, 3.8) is 0 Å². The minimum atomic E-state index is -5.57. The fourth-order valence-electron chi connectivity index (χ4n) is 3.72. The number of halogens is 4. The van der Waals surface area contributed by atoms with E-state index in [1.165, 1.54) is 25.3 Å². The molecule has 0 saturated carbocycles. The number of rotatable bonds is 5. The molecule has 0 bridgehead atoms. The topological polar surface area (TPSA) is 96.4 Å². The van der Waals surface area contributed by atoms with Crippen LogP contribution in [0.4, 0.5) is 28.0 Å². The van der Waals surface area contributed by atoms with Crippen LogP contribution in [-0.4, -0.2) is 36.4 Å². The molecule has 1 saturated heterocycles. The van der Waals surface area contributed by atoms with Gasteiger partial charge in [-0.1, -0.05) is 0 Å². The smallest absolute Gasteiger partial charge is 0.323 e. The second kappa shape index (κ2) is 8.45. The summed E-state index contributed by atoms with van der Waals surface area (Å²) >= 11 is 0. The summed E-state index contributed by atoms with van der Waals surface area (Å²) in [5, 5.41) is 2.58. The average Bonchev–Trinajstić information content (AvgIpc) is 3.01. The van der Waals surface area contributed by atoms with Crippen LogP contribution in [-0.2, 0) is 21.1 Å². The van der Waals surface area contributed by atoms with Gasteiger partial charge < -0.3 is 5.32 Å². The molecule has 0 aliphatic carbocycles. The monoisotopic (exact) mass is 507 g/mol. The molecule has 2 aromatic carbocycles. The standard InChI is InChI=1S/C23H17F4N3O4S/c1-22(13-14-10-11-28-19(12-14)15-2-4-16(24)5-3-15)20(31)30(21(32)29-22)17-6-8-18(9-7-17)35(33,34)23(25,26)27/h2-12H,13H2,1H3,(H,29,32). The maximum Gasteiger partial charge on any atom is 0.501 e. The molecule has 1 aliphatic rings. The molecule has 1 fully saturated rings. The molecular weight excluding hydrogens is 490 g/mol. The summed E-state index contributed by atoms with van der Waals surface area (Å²) in [5.41, 5.74) is -5.14. The lowest BCUT2D eigenvalue weighted by Crippen LogP contribution is -2.46. The molecule has 0 spiro atoms. The van der Waals surface area contributed by atoms with Crippen molar-refractivity contribution in [2.24, 2.45) is 0 Å². The van der Waals surface area contributed by atoms with Crippen LogP contribution in [0.25, 0.3) is 11.3 Å². The van der Waals surface area contributed by atoms with Gasteiger partial charge in [0, 0.05) is 18.2 Å². The third-order valence-electron chi connectivity index (χ3n) is 5.49. The van der Waals surface area contributed by atoms with E-state index in [4.69, 9.17) is 0 Å². The summed E-state index contributed by atoms with van der Waals surface area (Å²) < 4.78 is 74.6. The van der Waals surface area contributed by atoms with Gasteiger partial charge in [-0.25, -0.2) is 22.5 Å². The summed E-state index contributed by atoms with van der Waals surface area (Å²) in [4.78, 5) is 29.7. The van der Waals surface area contributed by atoms with Crippen LogP contribution in [0.1, 0.15) is 12.5 Å². The first-order chi connectivity index (χ1) is 16.3. The average molecular weight is 507 g/mol. The molecule has 182 valence electrons. The highest BCUT2D eigenvalue weighted by molar-refractivity contribution is 7.92. The zero-order valence-corrected chi connectivity index (χ0v) is 18.8. The Labute approximate surface area is 197 Å². The minimum absolute atomic E-state index is 0.0608. The Bertz CT molecular complexity index is 1410. The van der Waals surface area contributed by atoms with Gasteiger partial charge in [0.1, 0.15) is 11.4 Å². The number of imide groups is 1. The highest BCUT2D eigenvalue weighted by Crippen LogP contribution is 2.33. The van der Waals surface area contributed by atoms with E-state index in [0.717, 1.165) is 17.0 Å². The second-order valence-electron chi connectivity index (χ2n) is 8.08. The van der Waals surface area contributed by atoms with Gasteiger partial charge in [-0.15, -0.1) is 0 Å². The Morgan fingerprint density at radius 3 is 2.23 bits per heavy atom. The summed E-state index contributed by atoms with van der Waals surface area (Å²) in [6.07, 6.45) is 1.57. The van der Waals surface area contributed by atoms with Crippen molar-refractivity contribution in [2.45, 2.75) is 29.3 Å². The fraction of sp³-hybridized carbons (Fsp3) is 0.174. The molecule has 1 unspecified atom stereocenters. The van der Waals surface area contributed by atoms with E-state index in [1.54, 1.807) is 24.3 Å². The van der Waals surface area contributed by atoms with Crippen LogP contribution < -0.4 is 10.2 Å². The van der Waals surface area contributed by atoms with E-state index in [9.17, 15) is 35.6 Å². The number of benzene rings is 2. The van der Waals surface area contributed by atoms with Gasteiger partial charge in [0.2, 0.25) is 0 Å². The molecule has 3 aromatic rings. The first-order valence-corrected chi connectivity index (χ1v) is 11.6. The third kappa shape index (κ3) is 4.48. The van der Waals surface area contributed by atoms with Crippen molar-refractivity contribution >= 4 is 27.5 Å². The number of sulfone groups is 1. The normalized spacial score (nSPS) is 18.6. The van der Waals surface area contributed by atoms with Gasteiger partial charge in [-0.05, 0) is 73.2 Å². The van der Waals surface area contributed by atoms with Gasteiger partial charge in [-0.3, -0.25) is 9.78 Å². The molecule has 3 amide bonds. The summed E-state index contributed by atoms with van der Waals surface area (Å²) in [6.45, 7) is 1.49. The summed E-state index contributed by atoms with van der Waals surface area (Å²) in [5.74, 6) is -1.07. The van der Waals surface area contributed by atoms with Crippen LogP contribution in [0.15, 0.2) is 71.8 Å². The number of anilines is 1. The molecular formula is C23H17F4N3O4S. The van der Waals surface area contributed by atoms with Crippen molar-refractivity contribution in [1.29, 1.82) is 0 Å². The number of alkyl halides is 3. The van der Waals surface area contributed by atoms with E-state index in [-0.39, 0.29) is 12.1 Å². The van der Waals surface area contributed by atoms with Crippen LogP contribution in [0.2, 0.25) is 0 Å². The van der Waals surface area contributed by atoms with E-state index in [2.05, 4.69) is 10.3 Å². The predicted molar refractivity (Wildman–Crippen MR) is 117 cm³/mol. The maximum absolute atomic E-state index is 13.2. The van der Waals surface area contributed by atoms with Crippen LogP contribution in [0, 0.1) is 5.82 Å². The molecule has 35 heavy (non-hydrogen) atoms. The van der Waals surface area contributed by atoms with Gasteiger partial charge in [-0.2, -0.15) is 13.2 Å². The lowest BCUT2D eigenvalue weighted by molar-refractivity contribution is -0.121. The minimum Gasteiger partial charge on any atom is -0.323 e. The van der Waals surface area contributed by atoms with Crippen molar-refractivity contribution < 1.29 is 35.6 Å². The number of hydrogen-bond acceptors (Lipinski definition) is 5. The quantitative estimate of drug-likeness (QED) is 0.412. The molecule has 1 aromatic heterocycles. The van der Waals surface area contributed by atoms with Crippen LogP contribution >= 0.6 is 0 Å². The molecule has 1 aliphatic heterocycles. The van der Waals surface area contributed by atoms with Gasteiger partial charge in [0.15, 0.2) is 0 Å². The first-order valence-electron chi connectivity index (χ1n) is 10.1. The number of aromatic nitrogens is 1. The molecule has 1 atom stereocenters. The largest absolute Gasteiger partial charge is 0.501 e. The number of carbonyl (C=O) groups is 2.